The van der Waals surface area contributed by atoms with Crippen LogP contribution in [0.1, 0.15) is 39.0 Å². The number of hydrogen-bond donors (Lipinski definition) is 1. The highest BCUT2D eigenvalue weighted by atomic mass is 32.2. The summed E-state index contributed by atoms with van der Waals surface area (Å²) in [5.74, 6) is 1.47. The van der Waals surface area contributed by atoms with Crippen molar-refractivity contribution in [3.63, 3.8) is 0 Å². The van der Waals surface area contributed by atoms with Gasteiger partial charge in [-0.1, -0.05) is 6.92 Å². The monoisotopic (exact) mass is 288 g/mol. The van der Waals surface area contributed by atoms with E-state index in [-0.39, 0.29) is 5.75 Å². The molecule has 112 valence electrons. The van der Waals surface area contributed by atoms with E-state index in [9.17, 15) is 8.42 Å². The van der Waals surface area contributed by atoms with Crippen LogP contribution in [0.3, 0.4) is 0 Å². The van der Waals surface area contributed by atoms with Gasteiger partial charge in [0.2, 0.25) is 0 Å². The third-order valence-corrected chi connectivity index (χ3v) is 6.47. The number of sulfone groups is 1. The average Bonchev–Trinajstić information content (AvgIpc) is 2.88. The zero-order valence-corrected chi connectivity index (χ0v) is 12.9. The molecule has 1 atom stereocenters. The Labute approximate surface area is 117 Å². The Morgan fingerprint density at radius 2 is 1.95 bits per heavy atom. The number of nitrogens with one attached hydrogen (secondary N) is 1. The third kappa shape index (κ3) is 4.43. The standard InChI is InChI=1S/C14H28N2O2S/c1-2-19(17,18)12-4-11-16-10-3-5-14(16)13-6-8-15-9-7-13/h13-15H,2-12H2,1H3. The highest BCUT2D eigenvalue weighted by Crippen LogP contribution is 2.29. The molecular formula is C14H28N2O2S. The molecule has 1 unspecified atom stereocenters. The van der Waals surface area contributed by atoms with Gasteiger partial charge >= 0.3 is 0 Å². The van der Waals surface area contributed by atoms with Gasteiger partial charge in [0.25, 0.3) is 0 Å². The van der Waals surface area contributed by atoms with Crippen LogP contribution in [0.2, 0.25) is 0 Å². The summed E-state index contributed by atoms with van der Waals surface area (Å²) in [5, 5.41) is 3.43. The van der Waals surface area contributed by atoms with Gasteiger partial charge in [-0.15, -0.1) is 0 Å². The van der Waals surface area contributed by atoms with Crippen LogP contribution < -0.4 is 5.32 Å². The highest BCUT2D eigenvalue weighted by Gasteiger charge is 2.31. The van der Waals surface area contributed by atoms with E-state index >= 15 is 0 Å². The molecule has 2 heterocycles. The van der Waals surface area contributed by atoms with Crippen LogP contribution in [0.4, 0.5) is 0 Å². The molecule has 2 aliphatic rings. The fourth-order valence-corrected chi connectivity index (χ4v) is 4.38. The minimum Gasteiger partial charge on any atom is -0.317 e. The van der Waals surface area contributed by atoms with Crippen molar-refractivity contribution >= 4 is 9.84 Å². The Morgan fingerprint density at radius 3 is 2.63 bits per heavy atom. The van der Waals surface area contributed by atoms with E-state index in [1.807, 2.05) is 0 Å². The second-order valence-electron chi connectivity index (χ2n) is 5.92. The zero-order valence-electron chi connectivity index (χ0n) is 12.1. The summed E-state index contributed by atoms with van der Waals surface area (Å²) in [7, 11) is -2.79. The van der Waals surface area contributed by atoms with Crippen molar-refractivity contribution in [2.24, 2.45) is 5.92 Å². The first kappa shape index (κ1) is 15.3. The van der Waals surface area contributed by atoms with Crippen LogP contribution >= 0.6 is 0 Å². The second-order valence-corrected chi connectivity index (χ2v) is 8.40. The quantitative estimate of drug-likeness (QED) is 0.800. The molecule has 2 saturated heterocycles. The first-order valence-electron chi connectivity index (χ1n) is 7.77. The van der Waals surface area contributed by atoms with Crippen molar-refractivity contribution in [3.8, 4) is 0 Å². The Kier molecular flexibility index (Phi) is 5.66. The topological polar surface area (TPSA) is 49.4 Å². The molecule has 0 aromatic rings. The highest BCUT2D eigenvalue weighted by molar-refractivity contribution is 7.91. The lowest BCUT2D eigenvalue weighted by Crippen LogP contribution is -2.41. The maximum atomic E-state index is 11.5. The summed E-state index contributed by atoms with van der Waals surface area (Å²) >= 11 is 0. The van der Waals surface area contributed by atoms with Gasteiger partial charge in [-0.05, 0) is 64.2 Å². The Balaban J connectivity index is 1.78. The molecule has 0 spiro atoms. The lowest BCUT2D eigenvalue weighted by molar-refractivity contribution is 0.163. The molecule has 0 saturated carbocycles. The van der Waals surface area contributed by atoms with Gasteiger partial charge in [0, 0.05) is 11.8 Å². The number of hydrogen-bond acceptors (Lipinski definition) is 4. The Morgan fingerprint density at radius 1 is 1.21 bits per heavy atom. The lowest BCUT2D eigenvalue weighted by atomic mass is 9.89. The van der Waals surface area contributed by atoms with Crippen LogP contribution in [0, 0.1) is 5.92 Å². The number of nitrogens with zero attached hydrogens (tertiary/aromatic N) is 1. The summed E-state index contributed by atoms with van der Waals surface area (Å²) in [4.78, 5) is 2.56. The molecule has 4 nitrogen and oxygen atoms in total. The van der Waals surface area contributed by atoms with Gasteiger partial charge in [-0.25, -0.2) is 8.42 Å². The average molecular weight is 288 g/mol. The van der Waals surface area contributed by atoms with Gasteiger partial charge in [-0.3, -0.25) is 0 Å². The first-order chi connectivity index (χ1) is 9.12. The molecule has 0 amide bonds. The SMILES string of the molecule is CCS(=O)(=O)CCCN1CCCC1C1CCNCC1. The summed E-state index contributed by atoms with van der Waals surface area (Å²) in [6.07, 6.45) is 5.97. The van der Waals surface area contributed by atoms with E-state index in [0.29, 0.717) is 11.8 Å². The van der Waals surface area contributed by atoms with E-state index in [1.54, 1.807) is 6.92 Å². The summed E-state index contributed by atoms with van der Waals surface area (Å²) in [6, 6.07) is 0.714. The van der Waals surface area contributed by atoms with Gasteiger partial charge in [-0.2, -0.15) is 0 Å². The van der Waals surface area contributed by atoms with E-state index in [0.717, 1.165) is 32.0 Å². The maximum absolute atomic E-state index is 11.5. The number of piperidine rings is 1. The normalized spacial score (nSPS) is 26.9. The second kappa shape index (κ2) is 7.04. The van der Waals surface area contributed by atoms with Crippen molar-refractivity contribution in [2.45, 2.75) is 45.1 Å². The van der Waals surface area contributed by atoms with Gasteiger partial charge in [0.15, 0.2) is 0 Å². The molecule has 19 heavy (non-hydrogen) atoms. The molecule has 0 bridgehead atoms. The van der Waals surface area contributed by atoms with E-state index < -0.39 is 9.84 Å². The minimum atomic E-state index is -2.79. The predicted octanol–water partition coefficient (Wildman–Crippen LogP) is 1.28. The van der Waals surface area contributed by atoms with Crippen molar-refractivity contribution < 1.29 is 8.42 Å². The predicted molar refractivity (Wildman–Crippen MR) is 79.1 cm³/mol. The van der Waals surface area contributed by atoms with Crippen LogP contribution in [0.15, 0.2) is 0 Å². The Bertz CT molecular complexity index is 364. The number of likely N-dealkylation sites (tertiary alicyclic amines) is 1. The van der Waals surface area contributed by atoms with Gasteiger partial charge in [0.1, 0.15) is 9.84 Å². The lowest BCUT2D eigenvalue weighted by Gasteiger charge is -2.34. The minimum absolute atomic E-state index is 0.282. The van der Waals surface area contributed by atoms with Gasteiger partial charge < -0.3 is 10.2 Å². The molecule has 1 N–H and O–H groups in total. The zero-order chi connectivity index (χ0) is 13.7. The van der Waals surface area contributed by atoms with Crippen molar-refractivity contribution in [1.29, 1.82) is 0 Å². The van der Waals surface area contributed by atoms with Crippen LogP contribution in [-0.2, 0) is 9.84 Å². The van der Waals surface area contributed by atoms with Crippen LogP contribution in [-0.4, -0.2) is 57.0 Å². The van der Waals surface area contributed by atoms with Crippen molar-refractivity contribution in [1.82, 2.24) is 10.2 Å². The number of rotatable bonds is 6. The molecule has 2 fully saturated rings. The van der Waals surface area contributed by atoms with E-state index in [4.69, 9.17) is 0 Å². The van der Waals surface area contributed by atoms with Crippen molar-refractivity contribution in [2.75, 3.05) is 37.7 Å². The molecule has 2 aliphatic heterocycles. The van der Waals surface area contributed by atoms with Crippen molar-refractivity contribution in [3.05, 3.63) is 0 Å². The van der Waals surface area contributed by atoms with Crippen LogP contribution in [0.25, 0.3) is 0 Å². The summed E-state index contributed by atoms with van der Waals surface area (Å²) in [6.45, 7) is 6.18. The van der Waals surface area contributed by atoms with E-state index in [1.165, 1.54) is 32.2 Å². The van der Waals surface area contributed by atoms with Gasteiger partial charge in [0.05, 0.1) is 5.75 Å². The Hall–Kier alpha value is -0.130. The fourth-order valence-electron chi connectivity index (χ4n) is 3.52. The summed E-state index contributed by atoms with van der Waals surface area (Å²) in [5.41, 5.74) is 0. The summed E-state index contributed by atoms with van der Waals surface area (Å²) < 4.78 is 23.1. The molecule has 5 heteroatoms. The molecule has 0 aromatic heterocycles. The smallest absolute Gasteiger partial charge is 0.150 e. The maximum Gasteiger partial charge on any atom is 0.150 e. The largest absolute Gasteiger partial charge is 0.317 e. The third-order valence-electron chi connectivity index (χ3n) is 4.68. The molecule has 0 aromatic carbocycles. The van der Waals surface area contributed by atoms with E-state index in [2.05, 4.69) is 10.2 Å². The first-order valence-corrected chi connectivity index (χ1v) is 9.59. The molecule has 2 rings (SSSR count). The fraction of sp³-hybridized carbons (Fsp3) is 1.00. The molecule has 0 aliphatic carbocycles. The molecular weight excluding hydrogens is 260 g/mol. The molecule has 0 radical (unpaired) electrons. The van der Waals surface area contributed by atoms with Crippen LogP contribution in [0.5, 0.6) is 0 Å².